The number of phenolic OH excluding ortho intramolecular Hbond substituents is 7. The Morgan fingerprint density at radius 2 is 1.50 bits per heavy atom. The second-order valence-corrected chi connectivity index (χ2v) is 7.49. The number of aromatic hydroxyl groups is 7. The third-order valence-electron chi connectivity index (χ3n) is 5.25. The van der Waals surface area contributed by atoms with Crippen molar-refractivity contribution in [1.29, 1.82) is 0 Å². The molecule has 0 spiro atoms. The Bertz CT molecular complexity index is 1300. The molecule has 0 radical (unpaired) electrons. The largest absolute Gasteiger partial charge is 0.508 e. The van der Waals surface area contributed by atoms with Gasteiger partial charge in [-0.25, -0.2) is 4.79 Å². The van der Waals surface area contributed by atoms with E-state index in [9.17, 15) is 45.4 Å². The number of hydrogen-bond donors (Lipinski definition) is 7. The average molecular weight is 471 g/mol. The van der Waals surface area contributed by atoms with Crippen molar-refractivity contribution in [3.05, 3.63) is 58.0 Å². The van der Waals surface area contributed by atoms with Crippen molar-refractivity contribution in [2.75, 3.05) is 0 Å². The summed E-state index contributed by atoms with van der Waals surface area (Å²) in [7, 11) is 0. The predicted molar refractivity (Wildman–Crippen MR) is 113 cm³/mol. The number of carbonyl (C=O) groups is 1. The Kier molecular flexibility index (Phi) is 5.41. The summed E-state index contributed by atoms with van der Waals surface area (Å²) in [4.78, 5) is 23.7. The van der Waals surface area contributed by atoms with Crippen LogP contribution in [-0.2, 0) is 11.2 Å². The zero-order chi connectivity index (χ0) is 24.7. The maximum atomic E-state index is 12.8. The maximum Gasteiger partial charge on any atom is 0.338 e. The van der Waals surface area contributed by atoms with Gasteiger partial charge >= 0.3 is 5.97 Å². The lowest BCUT2D eigenvalue weighted by atomic mass is 9.93. The molecule has 0 amide bonds. The van der Waals surface area contributed by atoms with E-state index in [0.29, 0.717) is 0 Å². The zero-order valence-electron chi connectivity index (χ0n) is 17.0. The minimum absolute atomic E-state index is 0.0385. The molecule has 0 bridgehead atoms. The van der Waals surface area contributed by atoms with E-state index in [1.807, 2.05) is 0 Å². The van der Waals surface area contributed by atoms with Gasteiger partial charge in [0.1, 0.15) is 23.4 Å². The highest BCUT2D eigenvalue weighted by molar-refractivity contribution is 5.92. The fourth-order valence-corrected chi connectivity index (χ4v) is 3.62. The van der Waals surface area contributed by atoms with Crippen molar-refractivity contribution in [1.82, 2.24) is 0 Å². The van der Waals surface area contributed by atoms with Crippen LogP contribution in [0, 0.1) is 4.91 Å². The summed E-state index contributed by atoms with van der Waals surface area (Å²) in [5, 5.41) is 71.4. The van der Waals surface area contributed by atoms with E-state index in [0.717, 1.165) is 30.3 Å². The van der Waals surface area contributed by atoms with Crippen LogP contribution in [0.15, 0.2) is 41.6 Å². The normalized spacial score (nSPS) is 16.8. The molecule has 0 saturated carbocycles. The van der Waals surface area contributed by atoms with Crippen LogP contribution in [0.3, 0.4) is 0 Å². The number of carbonyl (C=O) groups excluding carboxylic acids is 1. The van der Waals surface area contributed by atoms with Crippen molar-refractivity contribution in [2.24, 2.45) is 5.18 Å². The number of benzene rings is 3. The van der Waals surface area contributed by atoms with Crippen LogP contribution in [0.2, 0.25) is 0 Å². The quantitative estimate of drug-likeness (QED) is 0.167. The third-order valence-corrected chi connectivity index (χ3v) is 5.25. The molecule has 1 aliphatic heterocycles. The Morgan fingerprint density at radius 3 is 2.15 bits per heavy atom. The first-order valence-electron chi connectivity index (χ1n) is 9.65. The van der Waals surface area contributed by atoms with Crippen molar-refractivity contribution in [3.63, 3.8) is 0 Å². The van der Waals surface area contributed by atoms with Crippen molar-refractivity contribution < 1.29 is 50.0 Å². The number of hydrogen-bond acceptors (Lipinski definition) is 12. The molecule has 0 saturated heterocycles. The van der Waals surface area contributed by atoms with Crippen LogP contribution in [0.1, 0.15) is 27.6 Å². The first-order valence-corrected chi connectivity index (χ1v) is 9.65. The van der Waals surface area contributed by atoms with E-state index in [2.05, 4.69) is 5.18 Å². The monoisotopic (exact) mass is 471 g/mol. The van der Waals surface area contributed by atoms with Crippen LogP contribution in [-0.4, -0.2) is 47.8 Å². The van der Waals surface area contributed by atoms with E-state index in [-0.39, 0.29) is 40.4 Å². The van der Waals surface area contributed by atoms with Gasteiger partial charge in [-0.3, -0.25) is 0 Å². The Balaban J connectivity index is 1.75. The molecule has 0 aliphatic carbocycles. The molecule has 34 heavy (non-hydrogen) atoms. The Labute approximate surface area is 190 Å². The highest BCUT2D eigenvalue weighted by atomic mass is 16.6. The van der Waals surface area contributed by atoms with Gasteiger partial charge in [-0.2, -0.15) is 0 Å². The molecule has 1 heterocycles. The van der Waals surface area contributed by atoms with Crippen LogP contribution in [0.4, 0.5) is 5.69 Å². The molecule has 176 valence electrons. The van der Waals surface area contributed by atoms with Crippen LogP contribution in [0.25, 0.3) is 0 Å². The lowest BCUT2D eigenvalue weighted by Gasteiger charge is -2.34. The van der Waals surface area contributed by atoms with E-state index in [1.54, 1.807) is 0 Å². The number of phenols is 7. The topological polar surface area (TPSA) is 207 Å². The van der Waals surface area contributed by atoms with Crippen LogP contribution < -0.4 is 4.74 Å². The molecule has 3 aromatic rings. The van der Waals surface area contributed by atoms with E-state index in [1.165, 1.54) is 6.07 Å². The lowest BCUT2D eigenvalue weighted by molar-refractivity contribution is -0.0189. The maximum absolute atomic E-state index is 12.8. The molecule has 0 unspecified atom stereocenters. The fraction of sp³-hybridized carbons (Fsp3) is 0.136. The van der Waals surface area contributed by atoms with Crippen molar-refractivity contribution >= 4 is 11.7 Å². The van der Waals surface area contributed by atoms with Gasteiger partial charge in [0.15, 0.2) is 40.5 Å². The minimum Gasteiger partial charge on any atom is -0.508 e. The molecule has 3 aromatic carbocycles. The van der Waals surface area contributed by atoms with Gasteiger partial charge in [-0.15, -0.1) is 4.91 Å². The number of fused-ring (bicyclic) bond motifs is 1. The molecule has 12 heteroatoms. The number of esters is 1. The van der Waals surface area contributed by atoms with E-state index in [4.69, 9.17) is 9.47 Å². The SMILES string of the molecule is O=Nc1cc(C(=O)O[C@@H]2Cc3c(O)cc(O)cc3O[C@@H]2c2cc(O)c(O)c(O)c2)cc(O)c1O. The third kappa shape index (κ3) is 3.88. The van der Waals surface area contributed by atoms with Gasteiger partial charge in [0.05, 0.1) is 5.56 Å². The van der Waals surface area contributed by atoms with Gasteiger partial charge in [0.2, 0.25) is 0 Å². The summed E-state index contributed by atoms with van der Waals surface area (Å²) in [5.41, 5.74) is -0.679. The second kappa shape index (κ2) is 8.24. The molecule has 2 atom stereocenters. The van der Waals surface area contributed by atoms with E-state index >= 15 is 0 Å². The summed E-state index contributed by atoms with van der Waals surface area (Å²) < 4.78 is 11.3. The molecular weight excluding hydrogens is 454 g/mol. The van der Waals surface area contributed by atoms with Gasteiger partial charge in [-0.05, 0) is 29.4 Å². The first kappa shape index (κ1) is 22.3. The smallest absolute Gasteiger partial charge is 0.338 e. The lowest BCUT2D eigenvalue weighted by Crippen LogP contribution is -2.34. The van der Waals surface area contributed by atoms with Crippen molar-refractivity contribution in [3.8, 4) is 46.0 Å². The summed E-state index contributed by atoms with van der Waals surface area (Å²) in [6.45, 7) is 0. The van der Waals surface area contributed by atoms with Crippen LogP contribution >= 0.6 is 0 Å². The summed E-state index contributed by atoms with van der Waals surface area (Å²) in [6.07, 6.45) is -2.56. The highest BCUT2D eigenvalue weighted by Crippen LogP contribution is 2.46. The van der Waals surface area contributed by atoms with Gasteiger partial charge < -0.3 is 45.2 Å². The Morgan fingerprint density at radius 1 is 0.853 bits per heavy atom. The molecule has 7 N–H and O–H groups in total. The van der Waals surface area contributed by atoms with Gasteiger partial charge in [-0.1, -0.05) is 0 Å². The Hall–Kier alpha value is -4.87. The van der Waals surface area contributed by atoms with E-state index < -0.39 is 52.6 Å². The predicted octanol–water partition coefficient (Wildman–Crippen LogP) is 2.93. The summed E-state index contributed by atoms with van der Waals surface area (Å²) in [5.74, 6) is -5.43. The number of nitroso groups, excluding NO2 is 1. The molecule has 0 aromatic heterocycles. The second-order valence-electron chi connectivity index (χ2n) is 7.49. The standard InChI is InChI=1S/C22H17NO11/c24-10-5-13(25)11-7-18(34-22(31)9-1-12(23-32)19(29)14(26)4-9)21(33-17(11)6-10)8-2-15(27)20(30)16(28)3-8/h1-6,18,21,24-30H,7H2/t18-,21-/m1/s1. The highest BCUT2D eigenvalue weighted by Gasteiger charge is 2.37. The molecule has 12 nitrogen and oxygen atoms in total. The number of nitrogens with zero attached hydrogens (tertiary/aromatic N) is 1. The van der Waals surface area contributed by atoms with Gasteiger partial charge in [0, 0.05) is 29.7 Å². The first-order chi connectivity index (χ1) is 16.1. The average Bonchev–Trinajstić information content (AvgIpc) is 2.78. The van der Waals surface area contributed by atoms with Gasteiger partial charge in [0.25, 0.3) is 0 Å². The molecule has 0 fully saturated rings. The summed E-state index contributed by atoms with van der Waals surface area (Å²) >= 11 is 0. The molecular formula is C22H17NO11. The van der Waals surface area contributed by atoms with Crippen LogP contribution in [0.5, 0.6) is 46.0 Å². The fourth-order valence-electron chi connectivity index (χ4n) is 3.62. The number of rotatable bonds is 4. The molecule has 4 rings (SSSR count). The summed E-state index contributed by atoms with van der Waals surface area (Å²) in [6, 6.07) is 6.14. The minimum atomic E-state index is -1.21. The molecule has 1 aliphatic rings. The zero-order valence-corrected chi connectivity index (χ0v) is 17.0. The number of ether oxygens (including phenoxy) is 2. The van der Waals surface area contributed by atoms with Crippen molar-refractivity contribution in [2.45, 2.75) is 18.6 Å².